The second-order valence-electron chi connectivity index (χ2n) is 7.06. The molecule has 2 heterocycles. The highest BCUT2D eigenvalue weighted by atomic mass is 127. The van der Waals surface area contributed by atoms with Gasteiger partial charge in [0, 0.05) is 43.8 Å². The van der Waals surface area contributed by atoms with Gasteiger partial charge in [0.1, 0.15) is 12.4 Å². The van der Waals surface area contributed by atoms with E-state index in [0.717, 1.165) is 18.7 Å². The number of hydrogen-bond acceptors (Lipinski definition) is 4. The smallest absolute Gasteiger partial charge is 0.243 e. The number of thiophene rings is 1. The zero-order valence-electron chi connectivity index (χ0n) is 16.9. The van der Waals surface area contributed by atoms with E-state index < -0.39 is 5.82 Å². The molecule has 1 aromatic carbocycles. The van der Waals surface area contributed by atoms with Gasteiger partial charge >= 0.3 is 0 Å². The summed E-state index contributed by atoms with van der Waals surface area (Å²) >= 11 is 7.45. The predicted molar refractivity (Wildman–Crippen MR) is 133 cm³/mol. The number of guanidine groups is 1. The Bertz CT molecular complexity index is 865. The van der Waals surface area contributed by atoms with Crippen molar-refractivity contribution in [1.82, 2.24) is 15.5 Å². The molecule has 10 heteroatoms. The van der Waals surface area contributed by atoms with Gasteiger partial charge in [-0.1, -0.05) is 17.7 Å². The maximum absolute atomic E-state index is 13.8. The summed E-state index contributed by atoms with van der Waals surface area (Å²) in [5.74, 6) is 0.122. The maximum Gasteiger partial charge on any atom is 0.243 e. The Labute approximate surface area is 202 Å². The van der Waals surface area contributed by atoms with Crippen molar-refractivity contribution in [2.45, 2.75) is 19.0 Å². The van der Waals surface area contributed by atoms with Gasteiger partial charge in [0.15, 0.2) is 5.96 Å². The summed E-state index contributed by atoms with van der Waals surface area (Å²) < 4.78 is 13.8. The van der Waals surface area contributed by atoms with Gasteiger partial charge in [-0.25, -0.2) is 9.38 Å². The Kier molecular flexibility index (Phi) is 9.63. The Balaban J connectivity index is 0.00000320. The van der Waals surface area contributed by atoms with E-state index in [2.05, 4.69) is 20.5 Å². The standard InChI is InChI=1S/C20H25ClFN5OS.HI/c1-26(2)19(28)12-24-20(23-11-16-4-3-9-29-16)25-14-7-8-27(13-14)15-5-6-17(21)18(22)10-15;/h3-6,9-10,14H,7-8,11-13H2,1-2H3,(H2,23,24,25);1H. The Morgan fingerprint density at radius 1 is 1.40 bits per heavy atom. The van der Waals surface area contributed by atoms with Gasteiger partial charge in [0.25, 0.3) is 0 Å². The first kappa shape index (κ1) is 24.7. The van der Waals surface area contributed by atoms with Gasteiger partial charge in [-0.05, 0) is 36.1 Å². The van der Waals surface area contributed by atoms with Crippen molar-refractivity contribution in [3.05, 3.63) is 51.4 Å². The Morgan fingerprint density at radius 3 is 2.87 bits per heavy atom. The van der Waals surface area contributed by atoms with E-state index in [1.165, 1.54) is 15.8 Å². The molecular weight excluding hydrogens is 540 g/mol. The lowest BCUT2D eigenvalue weighted by Crippen LogP contribution is -2.45. The lowest BCUT2D eigenvalue weighted by molar-refractivity contribution is -0.127. The van der Waals surface area contributed by atoms with Crippen molar-refractivity contribution < 1.29 is 9.18 Å². The molecule has 1 unspecified atom stereocenters. The van der Waals surface area contributed by atoms with E-state index in [9.17, 15) is 9.18 Å². The monoisotopic (exact) mass is 565 g/mol. The van der Waals surface area contributed by atoms with Crippen LogP contribution in [0.5, 0.6) is 0 Å². The average Bonchev–Trinajstić information content (AvgIpc) is 3.37. The molecule has 164 valence electrons. The first-order valence-electron chi connectivity index (χ1n) is 9.40. The zero-order chi connectivity index (χ0) is 20.8. The normalized spacial score (nSPS) is 16.2. The molecule has 1 aromatic heterocycles. The predicted octanol–water partition coefficient (Wildman–Crippen LogP) is 3.56. The summed E-state index contributed by atoms with van der Waals surface area (Å²) in [6.45, 7) is 2.22. The van der Waals surface area contributed by atoms with Crippen LogP contribution in [0.2, 0.25) is 5.02 Å². The number of hydrogen-bond donors (Lipinski definition) is 2. The quantitative estimate of drug-likeness (QED) is 0.320. The molecule has 3 rings (SSSR count). The highest BCUT2D eigenvalue weighted by molar-refractivity contribution is 14.0. The van der Waals surface area contributed by atoms with Crippen LogP contribution in [0.4, 0.5) is 10.1 Å². The summed E-state index contributed by atoms with van der Waals surface area (Å²) in [5.41, 5.74) is 0.809. The van der Waals surface area contributed by atoms with E-state index in [-0.39, 0.29) is 47.5 Å². The van der Waals surface area contributed by atoms with E-state index in [1.54, 1.807) is 31.5 Å². The van der Waals surface area contributed by atoms with Crippen LogP contribution in [0, 0.1) is 5.82 Å². The third kappa shape index (κ3) is 6.98. The number of aliphatic imine (C=N–C) groups is 1. The fraction of sp³-hybridized carbons (Fsp3) is 0.400. The summed E-state index contributed by atoms with van der Waals surface area (Å²) in [6.07, 6.45) is 0.881. The lowest BCUT2D eigenvalue weighted by Gasteiger charge is -2.21. The molecule has 1 atom stereocenters. The van der Waals surface area contributed by atoms with Crippen molar-refractivity contribution in [2.75, 3.05) is 38.6 Å². The number of likely N-dealkylation sites (N-methyl/N-ethyl adjacent to an activating group) is 1. The van der Waals surface area contributed by atoms with Gasteiger partial charge in [-0.3, -0.25) is 4.79 Å². The third-order valence-corrected chi connectivity index (χ3v) is 5.86. The zero-order valence-corrected chi connectivity index (χ0v) is 20.8. The van der Waals surface area contributed by atoms with Crippen LogP contribution in [0.15, 0.2) is 40.7 Å². The fourth-order valence-electron chi connectivity index (χ4n) is 3.01. The minimum absolute atomic E-state index is 0. The van der Waals surface area contributed by atoms with Crippen molar-refractivity contribution in [1.29, 1.82) is 0 Å². The van der Waals surface area contributed by atoms with Crippen molar-refractivity contribution in [3.8, 4) is 0 Å². The molecule has 30 heavy (non-hydrogen) atoms. The molecule has 0 spiro atoms. The highest BCUT2D eigenvalue weighted by Crippen LogP contribution is 2.25. The Hall–Kier alpha value is -1.59. The number of nitrogens with one attached hydrogen (secondary N) is 2. The van der Waals surface area contributed by atoms with E-state index in [4.69, 9.17) is 11.6 Å². The van der Waals surface area contributed by atoms with Crippen molar-refractivity contribution in [2.24, 2.45) is 4.99 Å². The summed E-state index contributed by atoms with van der Waals surface area (Å²) in [5, 5.41) is 8.86. The summed E-state index contributed by atoms with van der Waals surface area (Å²) in [4.78, 5) is 21.2. The minimum atomic E-state index is -0.414. The number of carbonyl (C=O) groups excluding carboxylic acids is 1. The maximum atomic E-state index is 13.8. The minimum Gasteiger partial charge on any atom is -0.369 e. The van der Waals surface area contributed by atoms with Gasteiger partial charge in [0.2, 0.25) is 5.91 Å². The highest BCUT2D eigenvalue weighted by Gasteiger charge is 2.24. The van der Waals surface area contributed by atoms with Crippen LogP contribution >= 0.6 is 46.9 Å². The number of rotatable bonds is 6. The summed E-state index contributed by atoms with van der Waals surface area (Å²) in [7, 11) is 3.42. The molecule has 2 N–H and O–H groups in total. The number of carbonyl (C=O) groups is 1. The molecule has 0 aliphatic carbocycles. The topological polar surface area (TPSA) is 60.0 Å². The van der Waals surface area contributed by atoms with Crippen LogP contribution in [0.1, 0.15) is 11.3 Å². The molecule has 1 amide bonds. The van der Waals surface area contributed by atoms with Gasteiger partial charge in [-0.2, -0.15) is 0 Å². The fourth-order valence-corrected chi connectivity index (χ4v) is 3.77. The van der Waals surface area contributed by atoms with Crippen LogP contribution < -0.4 is 15.5 Å². The van der Waals surface area contributed by atoms with Gasteiger partial charge in [-0.15, -0.1) is 35.3 Å². The molecule has 1 aliphatic rings. The number of halogens is 3. The molecule has 1 saturated heterocycles. The SMILES string of the molecule is CN(C)C(=O)CN=C(NCc1cccs1)NC1CCN(c2ccc(Cl)c(F)c2)C1.I. The molecule has 1 aliphatic heterocycles. The second kappa shape index (κ2) is 11.7. The second-order valence-corrected chi connectivity index (χ2v) is 8.50. The van der Waals surface area contributed by atoms with Crippen molar-refractivity contribution in [3.63, 3.8) is 0 Å². The van der Waals surface area contributed by atoms with Crippen LogP contribution in [-0.4, -0.2) is 56.5 Å². The molecule has 6 nitrogen and oxygen atoms in total. The largest absolute Gasteiger partial charge is 0.369 e. The molecule has 1 fully saturated rings. The third-order valence-electron chi connectivity index (χ3n) is 4.68. The van der Waals surface area contributed by atoms with Crippen molar-refractivity contribution >= 4 is 64.5 Å². The van der Waals surface area contributed by atoms with Gasteiger partial charge < -0.3 is 20.4 Å². The van der Waals surface area contributed by atoms with Gasteiger partial charge in [0.05, 0.1) is 11.6 Å². The molecule has 0 saturated carbocycles. The lowest BCUT2D eigenvalue weighted by atomic mass is 10.2. The number of amides is 1. The molecule has 0 radical (unpaired) electrons. The van der Waals surface area contributed by atoms with E-state index in [0.29, 0.717) is 19.0 Å². The van der Waals surface area contributed by atoms with Crippen LogP contribution in [0.25, 0.3) is 0 Å². The molecule has 2 aromatic rings. The van der Waals surface area contributed by atoms with E-state index in [1.807, 2.05) is 23.6 Å². The number of nitrogens with zero attached hydrogens (tertiary/aromatic N) is 3. The molecule has 0 bridgehead atoms. The number of benzene rings is 1. The first-order chi connectivity index (χ1) is 13.9. The average molecular weight is 566 g/mol. The molecular formula is C20H26ClFIN5OS. The summed E-state index contributed by atoms with van der Waals surface area (Å²) in [6, 6.07) is 9.06. The van der Waals surface area contributed by atoms with Crippen LogP contribution in [-0.2, 0) is 11.3 Å². The van der Waals surface area contributed by atoms with E-state index >= 15 is 0 Å². The number of anilines is 1. The Morgan fingerprint density at radius 2 is 2.20 bits per heavy atom. The first-order valence-corrected chi connectivity index (χ1v) is 10.7. The van der Waals surface area contributed by atoms with Crippen LogP contribution in [0.3, 0.4) is 0 Å².